The molecule has 26 heavy (non-hydrogen) atoms. The molecule has 1 fully saturated rings. The highest BCUT2D eigenvalue weighted by atomic mass is 19.4. The van der Waals surface area contributed by atoms with Crippen LogP contribution in [0.5, 0.6) is 0 Å². The molecular formula is C17H20F3N5O. The highest BCUT2D eigenvalue weighted by Gasteiger charge is 2.35. The smallest absolute Gasteiger partial charge is 0.348 e. The monoisotopic (exact) mass is 367 g/mol. The topological polar surface area (TPSA) is 72.7 Å². The Morgan fingerprint density at radius 3 is 2.50 bits per heavy atom. The van der Waals surface area contributed by atoms with Crippen LogP contribution in [0.2, 0.25) is 0 Å². The van der Waals surface area contributed by atoms with E-state index in [-0.39, 0.29) is 17.6 Å². The molecule has 1 aliphatic carbocycles. The van der Waals surface area contributed by atoms with Crippen LogP contribution in [0.4, 0.5) is 13.2 Å². The van der Waals surface area contributed by atoms with Crippen molar-refractivity contribution in [2.24, 2.45) is 13.0 Å². The van der Waals surface area contributed by atoms with Gasteiger partial charge in [0, 0.05) is 19.2 Å². The minimum absolute atomic E-state index is 0.0387. The molecule has 0 saturated heterocycles. The molecule has 0 aromatic carbocycles. The number of imidazole rings is 1. The molecule has 3 rings (SSSR count). The number of nitrogens with one attached hydrogen (secondary N) is 1. The number of halogens is 3. The second-order valence-electron chi connectivity index (χ2n) is 6.78. The average Bonchev–Trinajstić information content (AvgIpc) is 3.02. The number of amides is 1. The molecule has 0 bridgehead atoms. The van der Waals surface area contributed by atoms with E-state index in [2.05, 4.69) is 27.2 Å². The van der Waals surface area contributed by atoms with Crippen LogP contribution in [0.3, 0.4) is 0 Å². The Kier molecular flexibility index (Phi) is 4.97. The number of hydrogen-bond donors (Lipinski definition) is 1. The van der Waals surface area contributed by atoms with E-state index in [0.717, 1.165) is 25.7 Å². The number of rotatable bonds is 3. The first kappa shape index (κ1) is 18.3. The van der Waals surface area contributed by atoms with Crippen molar-refractivity contribution in [1.29, 1.82) is 0 Å². The fourth-order valence-electron chi connectivity index (χ4n) is 3.06. The van der Waals surface area contributed by atoms with Crippen molar-refractivity contribution in [2.45, 2.75) is 44.8 Å². The maximum absolute atomic E-state index is 13.2. The van der Waals surface area contributed by atoms with E-state index in [1.807, 2.05) is 0 Å². The number of carbonyl (C=O) groups excluding carboxylic acids is 1. The first-order chi connectivity index (χ1) is 12.2. The summed E-state index contributed by atoms with van der Waals surface area (Å²) < 4.78 is 41.1. The maximum atomic E-state index is 13.2. The van der Waals surface area contributed by atoms with E-state index in [1.54, 1.807) is 7.05 Å². The molecule has 0 unspecified atom stereocenters. The van der Waals surface area contributed by atoms with Gasteiger partial charge in [0.25, 0.3) is 5.91 Å². The van der Waals surface area contributed by atoms with E-state index >= 15 is 0 Å². The Morgan fingerprint density at radius 2 is 1.92 bits per heavy atom. The van der Waals surface area contributed by atoms with E-state index in [4.69, 9.17) is 0 Å². The highest BCUT2D eigenvalue weighted by Crippen LogP contribution is 2.30. The Labute approximate surface area is 148 Å². The molecule has 9 heteroatoms. The lowest BCUT2D eigenvalue weighted by atomic mass is 9.87. The van der Waals surface area contributed by atoms with Gasteiger partial charge in [-0.15, -0.1) is 0 Å². The van der Waals surface area contributed by atoms with E-state index in [0.29, 0.717) is 17.7 Å². The van der Waals surface area contributed by atoms with Crippen molar-refractivity contribution in [3.63, 3.8) is 0 Å². The predicted molar refractivity (Wildman–Crippen MR) is 88.1 cm³/mol. The summed E-state index contributed by atoms with van der Waals surface area (Å²) in [4.78, 5) is 24.0. The number of hydrogen-bond acceptors (Lipinski definition) is 4. The Bertz CT molecular complexity index is 794. The van der Waals surface area contributed by atoms with E-state index in [1.165, 1.54) is 17.1 Å². The summed E-state index contributed by atoms with van der Waals surface area (Å²) in [7, 11) is 1.62. The van der Waals surface area contributed by atoms with Gasteiger partial charge in [0.2, 0.25) is 0 Å². The summed E-state index contributed by atoms with van der Waals surface area (Å²) in [5.41, 5.74) is -1.13. The van der Waals surface area contributed by atoms with Crippen LogP contribution in [0, 0.1) is 5.92 Å². The molecule has 1 saturated carbocycles. The summed E-state index contributed by atoms with van der Waals surface area (Å²) in [6.07, 6.45) is 1.73. The van der Waals surface area contributed by atoms with Crippen LogP contribution in [-0.2, 0) is 13.2 Å². The van der Waals surface area contributed by atoms with Gasteiger partial charge in [0.1, 0.15) is 17.1 Å². The van der Waals surface area contributed by atoms with Crippen LogP contribution < -0.4 is 5.32 Å². The van der Waals surface area contributed by atoms with Gasteiger partial charge in [-0.25, -0.2) is 15.0 Å². The third-order valence-corrected chi connectivity index (χ3v) is 4.65. The lowest BCUT2D eigenvalue weighted by Crippen LogP contribution is -2.38. The quantitative estimate of drug-likeness (QED) is 0.904. The SMILES string of the molecule is Cn1cncc1-c1nc(C(=O)N[C@H]2CC[C@H](C)CC2)cc(C(F)(F)F)n1. The molecule has 1 aliphatic rings. The zero-order valence-corrected chi connectivity index (χ0v) is 14.5. The van der Waals surface area contributed by atoms with Crippen LogP contribution in [-0.4, -0.2) is 31.5 Å². The molecule has 2 aromatic heterocycles. The van der Waals surface area contributed by atoms with Gasteiger partial charge in [0.15, 0.2) is 5.82 Å². The molecule has 6 nitrogen and oxygen atoms in total. The minimum atomic E-state index is -4.68. The number of aryl methyl sites for hydroxylation is 1. The first-order valence-corrected chi connectivity index (χ1v) is 8.48. The van der Waals surface area contributed by atoms with Crippen molar-refractivity contribution in [2.75, 3.05) is 0 Å². The standard InChI is InChI=1S/C17H20F3N5O/c1-10-3-5-11(6-4-10)22-16(26)12-7-14(17(18,19)20)24-15(23-12)13-8-21-9-25(13)2/h7-11H,3-6H2,1-2H3,(H,22,26)/t10-,11-. The van der Waals surface area contributed by atoms with Crippen LogP contribution >= 0.6 is 0 Å². The molecule has 1 N–H and O–H groups in total. The molecule has 0 atom stereocenters. The molecule has 140 valence electrons. The average molecular weight is 367 g/mol. The number of aromatic nitrogens is 4. The van der Waals surface area contributed by atoms with Gasteiger partial charge in [-0.3, -0.25) is 4.79 Å². The van der Waals surface area contributed by atoms with Crippen LogP contribution in [0.1, 0.15) is 48.8 Å². The third-order valence-electron chi connectivity index (χ3n) is 4.65. The van der Waals surface area contributed by atoms with Crippen molar-refractivity contribution < 1.29 is 18.0 Å². The maximum Gasteiger partial charge on any atom is 0.433 e. The summed E-state index contributed by atoms with van der Waals surface area (Å²) in [5.74, 6) is -0.182. The molecule has 0 spiro atoms. The number of alkyl halides is 3. The summed E-state index contributed by atoms with van der Waals surface area (Å²) >= 11 is 0. The molecule has 0 radical (unpaired) electrons. The molecular weight excluding hydrogens is 347 g/mol. The fraction of sp³-hybridized carbons (Fsp3) is 0.529. The Morgan fingerprint density at radius 1 is 1.23 bits per heavy atom. The predicted octanol–water partition coefficient (Wildman–Crippen LogP) is 3.20. The molecule has 1 amide bonds. The number of nitrogens with zero attached hydrogens (tertiary/aromatic N) is 4. The lowest BCUT2D eigenvalue weighted by molar-refractivity contribution is -0.141. The van der Waals surface area contributed by atoms with Gasteiger partial charge >= 0.3 is 6.18 Å². The Balaban J connectivity index is 1.90. The van der Waals surface area contributed by atoms with Crippen molar-refractivity contribution in [1.82, 2.24) is 24.8 Å². The van der Waals surface area contributed by atoms with Crippen LogP contribution in [0.15, 0.2) is 18.6 Å². The lowest BCUT2D eigenvalue weighted by Gasteiger charge is -2.26. The first-order valence-electron chi connectivity index (χ1n) is 8.48. The minimum Gasteiger partial charge on any atom is -0.348 e. The van der Waals surface area contributed by atoms with Gasteiger partial charge in [0.05, 0.1) is 12.5 Å². The Hall–Kier alpha value is -2.45. The summed E-state index contributed by atoms with van der Waals surface area (Å²) in [5, 5.41) is 2.80. The van der Waals surface area contributed by atoms with E-state index in [9.17, 15) is 18.0 Å². The van der Waals surface area contributed by atoms with Crippen molar-refractivity contribution in [3.05, 3.63) is 30.0 Å². The zero-order valence-electron chi connectivity index (χ0n) is 14.5. The highest BCUT2D eigenvalue weighted by molar-refractivity contribution is 5.93. The van der Waals surface area contributed by atoms with Gasteiger partial charge in [-0.1, -0.05) is 6.92 Å². The van der Waals surface area contributed by atoms with E-state index < -0.39 is 17.8 Å². The van der Waals surface area contributed by atoms with Gasteiger partial charge in [-0.05, 0) is 31.6 Å². The van der Waals surface area contributed by atoms with Crippen molar-refractivity contribution >= 4 is 5.91 Å². The third kappa shape index (κ3) is 4.03. The summed E-state index contributed by atoms with van der Waals surface area (Å²) in [6, 6.07) is 0.656. The molecule has 2 heterocycles. The van der Waals surface area contributed by atoms with Crippen LogP contribution in [0.25, 0.3) is 11.5 Å². The number of carbonyl (C=O) groups is 1. The normalized spacial score (nSPS) is 20.8. The summed E-state index contributed by atoms with van der Waals surface area (Å²) in [6.45, 7) is 2.15. The van der Waals surface area contributed by atoms with Crippen molar-refractivity contribution in [3.8, 4) is 11.5 Å². The molecule has 2 aromatic rings. The van der Waals surface area contributed by atoms with Gasteiger partial charge in [-0.2, -0.15) is 13.2 Å². The second kappa shape index (κ2) is 7.05. The largest absolute Gasteiger partial charge is 0.433 e. The molecule has 0 aliphatic heterocycles. The second-order valence-corrected chi connectivity index (χ2v) is 6.78. The van der Waals surface area contributed by atoms with Gasteiger partial charge < -0.3 is 9.88 Å². The zero-order chi connectivity index (χ0) is 18.9. The fourth-order valence-corrected chi connectivity index (χ4v) is 3.06.